The molecule has 4 bridgehead atoms. The molecule has 4 aliphatic carbocycles. The Morgan fingerprint density at radius 3 is 2.53 bits per heavy atom. The third-order valence-corrected chi connectivity index (χ3v) is 5.04. The standard InChI is InChI=1S/C14H21NO4/c1-9(16)15-13-4-10-3-12(2,6-13)7-14(5-10,8-13)19-11(17)18/h10H,3-8H2,1-2H3,(H,15,16)(H,17,18). The van der Waals surface area contributed by atoms with Crippen LogP contribution in [0.1, 0.15) is 52.4 Å². The summed E-state index contributed by atoms with van der Waals surface area (Å²) in [6, 6.07) is 0. The molecule has 4 rings (SSSR count). The fourth-order valence-corrected chi connectivity index (χ4v) is 5.64. The number of nitrogens with one attached hydrogen (secondary N) is 1. The molecule has 0 heterocycles. The number of hydrogen-bond donors (Lipinski definition) is 2. The van der Waals surface area contributed by atoms with Crippen molar-refractivity contribution >= 4 is 12.1 Å². The van der Waals surface area contributed by atoms with Crippen LogP contribution in [-0.2, 0) is 9.53 Å². The normalized spacial score (nSPS) is 46.9. The molecule has 0 aromatic rings. The molecule has 4 fully saturated rings. The van der Waals surface area contributed by atoms with E-state index in [-0.39, 0.29) is 16.9 Å². The zero-order valence-electron chi connectivity index (χ0n) is 11.5. The Bertz CT molecular complexity index is 415. The van der Waals surface area contributed by atoms with Crippen molar-refractivity contribution in [1.29, 1.82) is 0 Å². The highest BCUT2D eigenvalue weighted by atomic mass is 16.7. The Labute approximate surface area is 112 Å². The Hall–Kier alpha value is -1.26. The topological polar surface area (TPSA) is 75.6 Å². The fourth-order valence-electron chi connectivity index (χ4n) is 5.64. The molecule has 4 aliphatic rings. The molecule has 0 aromatic heterocycles. The highest BCUT2D eigenvalue weighted by Gasteiger charge is 2.63. The molecule has 4 atom stereocenters. The first-order valence-electron chi connectivity index (χ1n) is 6.95. The van der Waals surface area contributed by atoms with E-state index >= 15 is 0 Å². The lowest BCUT2D eigenvalue weighted by Crippen LogP contribution is -2.68. The van der Waals surface area contributed by atoms with Crippen molar-refractivity contribution in [3.05, 3.63) is 0 Å². The van der Waals surface area contributed by atoms with Crippen LogP contribution in [0.3, 0.4) is 0 Å². The summed E-state index contributed by atoms with van der Waals surface area (Å²) in [6.45, 7) is 3.74. The van der Waals surface area contributed by atoms with Crippen molar-refractivity contribution in [3.63, 3.8) is 0 Å². The van der Waals surface area contributed by atoms with Crippen LogP contribution in [0, 0.1) is 11.3 Å². The quantitative estimate of drug-likeness (QED) is 0.753. The van der Waals surface area contributed by atoms with Crippen LogP contribution in [-0.4, -0.2) is 28.3 Å². The van der Waals surface area contributed by atoms with Gasteiger partial charge in [-0.25, -0.2) is 4.79 Å². The molecule has 1 amide bonds. The van der Waals surface area contributed by atoms with Gasteiger partial charge in [-0.05, 0) is 43.4 Å². The average molecular weight is 267 g/mol. The summed E-state index contributed by atoms with van der Waals surface area (Å²) in [5.74, 6) is 0.434. The minimum Gasteiger partial charge on any atom is -0.450 e. The molecule has 0 radical (unpaired) electrons. The monoisotopic (exact) mass is 267 g/mol. The van der Waals surface area contributed by atoms with E-state index in [1.807, 2.05) is 0 Å². The predicted molar refractivity (Wildman–Crippen MR) is 67.7 cm³/mol. The van der Waals surface area contributed by atoms with Crippen molar-refractivity contribution in [3.8, 4) is 0 Å². The van der Waals surface area contributed by atoms with Crippen LogP contribution in [0.5, 0.6) is 0 Å². The molecule has 5 heteroatoms. The number of ether oxygens (including phenoxy) is 1. The Morgan fingerprint density at radius 1 is 1.21 bits per heavy atom. The Kier molecular flexibility index (Phi) is 2.45. The second kappa shape index (κ2) is 3.64. The Balaban J connectivity index is 1.94. The smallest absolute Gasteiger partial charge is 0.450 e. The molecular formula is C14H21NO4. The molecular weight excluding hydrogens is 246 g/mol. The molecule has 5 nitrogen and oxygen atoms in total. The first kappa shape index (κ1) is 12.8. The summed E-state index contributed by atoms with van der Waals surface area (Å²) in [4.78, 5) is 22.5. The van der Waals surface area contributed by atoms with Gasteiger partial charge in [0.2, 0.25) is 5.91 Å². The van der Waals surface area contributed by atoms with Gasteiger partial charge in [0.15, 0.2) is 0 Å². The lowest BCUT2D eigenvalue weighted by atomic mass is 9.45. The largest absolute Gasteiger partial charge is 0.506 e. The van der Waals surface area contributed by atoms with Gasteiger partial charge in [0.1, 0.15) is 5.60 Å². The minimum absolute atomic E-state index is 0.0315. The lowest BCUT2D eigenvalue weighted by molar-refractivity contribution is -0.182. The summed E-state index contributed by atoms with van der Waals surface area (Å²) >= 11 is 0. The van der Waals surface area contributed by atoms with Crippen LogP contribution in [0.25, 0.3) is 0 Å². The van der Waals surface area contributed by atoms with Crippen molar-refractivity contribution in [2.45, 2.75) is 63.5 Å². The third kappa shape index (κ3) is 2.09. The number of carbonyl (C=O) groups excluding carboxylic acids is 1. The number of rotatable bonds is 2. The zero-order chi connectivity index (χ0) is 13.9. The van der Waals surface area contributed by atoms with Crippen LogP contribution >= 0.6 is 0 Å². The van der Waals surface area contributed by atoms with E-state index in [0.29, 0.717) is 12.3 Å². The molecule has 0 aromatic carbocycles. The summed E-state index contributed by atoms with van der Waals surface area (Å²) in [5.41, 5.74) is -0.741. The van der Waals surface area contributed by atoms with Gasteiger partial charge >= 0.3 is 6.16 Å². The predicted octanol–water partition coefficient (Wildman–Crippen LogP) is 2.30. The SMILES string of the molecule is CC(=O)NC12CC3CC(C)(C1)CC(OC(=O)O)(C3)C2. The maximum Gasteiger partial charge on any atom is 0.506 e. The maximum atomic E-state index is 11.5. The average Bonchev–Trinajstić information content (AvgIpc) is 2.06. The molecule has 2 N–H and O–H groups in total. The van der Waals surface area contributed by atoms with Crippen LogP contribution in [0.2, 0.25) is 0 Å². The Morgan fingerprint density at radius 2 is 1.95 bits per heavy atom. The van der Waals surface area contributed by atoms with E-state index in [0.717, 1.165) is 32.1 Å². The highest BCUT2D eigenvalue weighted by Crippen LogP contribution is 2.64. The van der Waals surface area contributed by atoms with E-state index < -0.39 is 11.8 Å². The van der Waals surface area contributed by atoms with E-state index in [1.54, 1.807) is 0 Å². The van der Waals surface area contributed by atoms with Crippen LogP contribution < -0.4 is 5.32 Å². The number of amides is 1. The number of hydrogen-bond acceptors (Lipinski definition) is 3. The van der Waals surface area contributed by atoms with Crippen molar-refractivity contribution in [1.82, 2.24) is 5.32 Å². The van der Waals surface area contributed by atoms with E-state index in [2.05, 4.69) is 12.2 Å². The summed E-state index contributed by atoms with van der Waals surface area (Å²) in [7, 11) is 0. The van der Waals surface area contributed by atoms with Crippen molar-refractivity contribution in [2.24, 2.45) is 11.3 Å². The first-order chi connectivity index (χ1) is 8.74. The van der Waals surface area contributed by atoms with Gasteiger partial charge in [-0.3, -0.25) is 4.79 Å². The molecule has 19 heavy (non-hydrogen) atoms. The highest BCUT2D eigenvalue weighted by molar-refractivity contribution is 5.74. The summed E-state index contributed by atoms with van der Waals surface area (Å²) < 4.78 is 5.29. The molecule has 106 valence electrons. The minimum atomic E-state index is -1.19. The van der Waals surface area contributed by atoms with Crippen LogP contribution in [0.15, 0.2) is 0 Å². The second-order valence-corrected chi connectivity index (χ2v) is 7.33. The molecule has 0 aliphatic heterocycles. The van der Waals surface area contributed by atoms with Crippen molar-refractivity contribution in [2.75, 3.05) is 0 Å². The van der Waals surface area contributed by atoms with Gasteiger partial charge in [0.05, 0.1) is 0 Å². The molecule has 0 spiro atoms. The van der Waals surface area contributed by atoms with E-state index in [4.69, 9.17) is 9.84 Å². The van der Waals surface area contributed by atoms with Crippen LogP contribution in [0.4, 0.5) is 4.79 Å². The maximum absolute atomic E-state index is 11.5. The fraction of sp³-hybridized carbons (Fsp3) is 0.857. The first-order valence-corrected chi connectivity index (χ1v) is 6.95. The van der Waals surface area contributed by atoms with Gasteiger partial charge in [-0.1, -0.05) is 6.92 Å². The van der Waals surface area contributed by atoms with E-state index in [9.17, 15) is 9.59 Å². The lowest BCUT2D eigenvalue weighted by Gasteiger charge is -2.64. The van der Waals surface area contributed by atoms with Gasteiger partial charge in [0.25, 0.3) is 0 Å². The number of carboxylic acid groups (broad SMARTS) is 1. The van der Waals surface area contributed by atoms with Crippen molar-refractivity contribution < 1.29 is 19.4 Å². The zero-order valence-corrected chi connectivity index (χ0v) is 11.5. The molecule has 4 saturated carbocycles. The number of carbonyl (C=O) groups is 2. The molecule has 4 unspecified atom stereocenters. The summed E-state index contributed by atoms with van der Waals surface area (Å²) in [5, 5.41) is 12.1. The van der Waals surface area contributed by atoms with Gasteiger partial charge in [-0.2, -0.15) is 0 Å². The van der Waals surface area contributed by atoms with Gasteiger partial charge in [-0.15, -0.1) is 0 Å². The second-order valence-electron chi connectivity index (χ2n) is 7.33. The summed E-state index contributed by atoms with van der Waals surface area (Å²) in [6.07, 6.45) is 4.09. The van der Waals surface area contributed by atoms with Gasteiger partial charge < -0.3 is 15.2 Å². The molecule has 0 saturated heterocycles. The third-order valence-electron chi connectivity index (χ3n) is 5.04. The van der Waals surface area contributed by atoms with Gasteiger partial charge in [0, 0.05) is 18.9 Å². The van der Waals surface area contributed by atoms with E-state index in [1.165, 1.54) is 6.92 Å².